The summed E-state index contributed by atoms with van der Waals surface area (Å²) in [5.41, 5.74) is 2.44. The van der Waals surface area contributed by atoms with Crippen LogP contribution in [-0.4, -0.2) is 55.1 Å². The van der Waals surface area contributed by atoms with Crippen molar-refractivity contribution < 1.29 is 14.7 Å². The van der Waals surface area contributed by atoms with E-state index < -0.39 is 5.97 Å². The zero-order chi connectivity index (χ0) is 14.8. The van der Waals surface area contributed by atoms with Gasteiger partial charge in [0, 0.05) is 18.5 Å². The topological polar surface area (TPSA) is 113 Å². The van der Waals surface area contributed by atoms with Crippen molar-refractivity contribution in [3.63, 3.8) is 0 Å². The summed E-state index contributed by atoms with van der Waals surface area (Å²) < 4.78 is 1.48. The molecule has 1 fully saturated rings. The maximum Gasteiger partial charge on any atom is 0.358 e. The lowest BCUT2D eigenvalue weighted by Gasteiger charge is -2.38. The number of carboxylic acids is 1. The molecule has 0 aromatic carbocycles. The zero-order valence-electron chi connectivity index (χ0n) is 10.8. The van der Waals surface area contributed by atoms with Gasteiger partial charge in [-0.25, -0.2) is 19.3 Å². The van der Waals surface area contributed by atoms with E-state index in [4.69, 9.17) is 5.11 Å². The van der Waals surface area contributed by atoms with E-state index in [0.717, 1.165) is 5.69 Å². The minimum atomic E-state index is -1.11. The van der Waals surface area contributed by atoms with Gasteiger partial charge in [-0.2, -0.15) is 0 Å². The van der Waals surface area contributed by atoms with Gasteiger partial charge < -0.3 is 15.3 Å². The minimum absolute atomic E-state index is 0.0318. The first-order chi connectivity index (χ1) is 10.1. The normalized spacial score (nSPS) is 14.8. The zero-order valence-corrected chi connectivity index (χ0v) is 11.7. The molecule has 110 valence electrons. The van der Waals surface area contributed by atoms with Gasteiger partial charge >= 0.3 is 12.0 Å². The first kappa shape index (κ1) is 13.5. The third-order valence-corrected chi connectivity index (χ3v) is 3.79. The van der Waals surface area contributed by atoms with Crippen LogP contribution in [0.5, 0.6) is 0 Å². The Kier molecular flexibility index (Phi) is 3.52. The van der Waals surface area contributed by atoms with Gasteiger partial charge in [0.15, 0.2) is 5.69 Å². The summed E-state index contributed by atoms with van der Waals surface area (Å²) in [6.07, 6.45) is 1.37. The second kappa shape index (κ2) is 5.48. The smallest absolute Gasteiger partial charge is 0.358 e. The number of likely N-dealkylation sites (tertiary alicyclic amines) is 1. The minimum Gasteiger partial charge on any atom is -0.476 e. The number of hydrogen-bond acceptors (Lipinski definition) is 6. The average molecular weight is 308 g/mol. The number of carbonyl (C=O) groups excluding carboxylic acids is 1. The van der Waals surface area contributed by atoms with Gasteiger partial charge in [-0.3, -0.25) is 0 Å². The number of carbonyl (C=O) groups is 2. The molecule has 2 aromatic heterocycles. The molecule has 0 atom stereocenters. The summed E-state index contributed by atoms with van der Waals surface area (Å²) in [5, 5.41) is 20.7. The van der Waals surface area contributed by atoms with Gasteiger partial charge in [0.05, 0.1) is 30.0 Å². The van der Waals surface area contributed by atoms with E-state index in [2.05, 4.69) is 20.6 Å². The Bertz CT molecular complexity index is 649. The maximum absolute atomic E-state index is 11.9. The molecule has 2 aromatic rings. The lowest BCUT2D eigenvalue weighted by molar-refractivity contribution is 0.0690. The fraction of sp³-hybridized carbons (Fsp3) is 0.364. The molecule has 0 bridgehead atoms. The predicted molar refractivity (Wildman–Crippen MR) is 71.9 cm³/mol. The van der Waals surface area contributed by atoms with E-state index in [-0.39, 0.29) is 17.8 Å². The van der Waals surface area contributed by atoms with Crippen LogP contribution in [0, 0.1) is 0 Å². The van der Waals surface area contributed by atoms with Gasteiger partial charge in [0.1, 0.15) is 0 Å². The number of carboxylic acid groups (broad SMARTS) is 1. The summed E-state index contributed by atoms with van der Waals surface area (Å²) >= 11 is 1.48. The van der Waals surface area contributed by atoms with Crippen molar-refractivity contribution in [3.8, 4) is 0 Å². The largest absolute Gasteiger partial charge is 0.476 e. The highest BCUT2D eigenvalue weighted by atomic mass is 32.1. The van der Waals surface area contributed by atoms with E-state index in [1.54, 1.807) is 10.4 Å². The Morgan fingerprint density at radius 3 is 2.90 bits per heavy atom. The third-order valence-electron chi connectivity index (χ3n) is 3.16. The number of nitrogens with zero attached hydrogens (tertiary/aromatic N) is 5. The standard InChI is InChI=1S/C11H12N6O3S/c18-10(19)9-4-17(15-14-9)8-2-16(3-8)11(20)12-1-7-5-21-6-13-7/h4-6,8H,1-3H2,(H,12,20)(H,18,19). The van der Waals surface area contributed by atoms with Gasteiger partial charge in [-0.15, -0.1) is 16.4 Å². The number of rotatable bonds is 4. The van der Waals surface area contributed by atoms with E-state index in [0.29, 0.717) is 19.6 Å². The van der Waals surface area contributed by atoms with Crippen molar-refractivity contribution in [2.75, 3.05) is 13.1 Å². The highest BCUT2D eigenvalue weighted by molar-refractivity contribution is 7.07. The van der Waals surface area contributed by atoms with Crippen LogP contribution in [0.25, 0.3) is 0 Å². The van der Waals surface area contributed by atoms with Gasteiger partial charge in [-0.05, 0) is 0 Å². The monoisotopic (exact) mass is 308 g/mol. The molecule has 2 N–H and O–H groups in total. The lowest BCUT2D eigenvalue weighted by atomic mass is 10.1. The number of nitrogens with one attached hydrogen (secondary N) is 1. The predicted octanol–water partition coefficient (Wildman–Crippen LogP) is 0.199. The number of aromatic nitrogens is 4. The van der Waals surface area contributed by atoms with Crippen LogP contribution >= 0.6 is 11.3 Å². The van der Waals surface area contributed by atoms with E-state index in [1.807, 2.05) is 5.38 Å². The SMILES string of the molecule is O=C(O)c1cn(C2CN(C(=O)NCc3cscn3)C2)nn1. The number of hydrogen-bond donors (Lipinski definition) is 2. The van der Waals surface area contributed by atoms with Crippen LogP contribution in [0.1, 0.15) is 22.2 Å². The van der Waals surface area contributed by atoms with Gasteiger partial charge in [0.2, 0.25) is 0 Å². The van der Waals surface area contributed by atoms with E-state index in [9.17, 15) is 9.59 Å². The maximum atomic E-state index is 11.9. The van der Waals surface area contributed by atoms with Crippen molar-refractivity contribution in [2.24, 2.45) is 0 Å². The molecular weight excluding hydrogens is 296 g/mol. The Balaban J connectivity index is 1.48. The first-order valence-corrected chi connectivity index (χ1v) is 7.12. The number of aromatic carboxylic acids is 1. The fourth-order valence-corrected chi connectivity index (χ4v) is 2.50. The molecule has 0 aliphatic carbocycles. The number of amides is 2. The molecule has 0 radical (unpaired) electrons. The average Bonchev–Trinajstić information content (AvgIpc) is 3.06. The summed E-state index contributed by atoms with van der Waals surface area (Å²) in [4.78, 5) is 28.3. The van der Waals surface area contributed by atoms with Crippen molar-refractivity contribution in [1.82, 2.24) is 30.2 Å². The summed E-state index contributed by atoms with van der Waals surface area (Å²) in [6.45, 7) is 1.35. The summed E-state index contributed by atoms with van der Waals surface area (Å²) in [5.74, 6) is -1.11. The van der Waals surface area contributed by atoms with Crippen LogP contribution in [0.3, 0.4) is 0 Å². The quantitative estimate of drug-likeness (QED) is 0.834. The molecular formula is C11H12N6O3S. The molecule has 1 saturated heterocycles. The van der Waals surface area contributed by atoms with Crippen LogP contribution in [0.2, 0.25) is 0 Å². The second-order valence-electron chi connectivity index (χ2n) is 4.59. The second-order valence-corrected chi connectivity index (χ2v) is 5.30. The summed E-state index contributed by atoms with van der Waals surface area (Å²) in [6, 6.07) is -0.201. The molecule has 1 aliphatic heterocycles. The molecule has 3 rings (SSSR count). The van der Waals surface area contributed by atoms with Crippen LogP contribution < -0.4 is 5.32 Å². The molecule has 1 aliphatic rings. The molecule has 0 spiro atoms. The molecule has 9 nitrogen and oxygen atoms in total. The van der Waals surface area contributed by atoms with Crippen LogP contribution in [0.15, 0.2) is 17.1 Å². The highest BCUT2D eigenvalue weighted by Gasteiger charge is 2.33. The van der Waals surface area contributed by atoms with E-state index in [1.165, 1.54) is 22.2 Å². The molecule has 0 saturated carbocycles. The van der Waals surface area contributed by atoms with Gasteiger partial charge in [-0.1, -0.05) is 5.21 Å². The first-order valence-electron chi connectivity index (χ1n) is 6.18. The number of urea groups is 1. The van der Waals surface area contributed by atoms with Crippen molar-refractivity contribution >= 4 is 23.3 Å². The Morgan fingerprint density at radius 2 is 2.29 bits per heavy atom. The number of thiazole rings is 1. The summed E-state index contributed by atoms with van der Waals surface area (Å²) in [7, 11) is 0. The van der Waals surface area contributed by atoms with Crippen LogP contribution in [-0.2, 0) is 6.54 Å². The highest BCUT2D eigenvalue weighted by Crippen LogP contribution is 2.20. The molecule has 3 heterocycles. The molecule has 10 heteroatoms. The lowest BCUT2D eigenvalue weighted by Crippen LogP contribution is -2.54. The molecule has 21 heavy (non-hydrogen) atoms. The van der Waals surface area contributed by atoms with Crippen molar-refractivity contribution in [3.05, 3.63) is 28.5 Å². The van der Waals surface area contributed by atoms with Gasteiger partial charge in [0.25, 0.3) is 0 Å². The molecule has 2 amide bonds. The third kappa shape index (κ3) is 2.84. The van der Waals surface area contributed by atoms with E-state index >= 15 is 0 Å². The fourth-order valence-electron chi connectivity index (χ4n) is 1.94. The van der Waals surface area contributed by atoms with Crippen LogP contribution in [0.4, 0.5) is 4.79 Å². The Hall–Kier alpha value is -2.49. The van der Waals surface area contributed by atoms with Crippen molar-refractivity contribution in [2.45, 2.75) is 12.6 Å². The van der Waals surface area contributed by atoms with Crippen molar-refractivity contribution in [1.29, 1.82) is 0 Å². The Morgan fingerprint density at radius 1 is 1.48 bits per heavy atom. The Labute approximate surface area is 123 Å². The molecule has 0 unspecified atom stereocenters.